The molecular weight excluding hydrogens is 212 g/mol. The van der Waals surface area contributed by atoms with Crippen molar-refractivity contribution in [1.82, 2.24) is 9.80 Å². The number of hydrogen-bond acceptors (Lipinski definition) is 4. The number of thioether (sulfide) groups is 1. The third kappa shape index (κ3) is 3.06. The number of rotatable bonds is 2. The number of amides is 1. The lowest BCUT2D eigenvalue weighted by Gasteiger charge is -2.26. The highest BCUT2D eigenvalue weighted by atomic mass is 32.2. The molecule has 0 unspecified atom stereocenters. The minimum absolute atomic E-state index is 0.167. The van der Waals surface area contributed by atoms with Crippen LogP contribution in [-0.2, 0) is 4.74 Å². The molecule has 0 spiro atoms. The van der Waals surface area contributed by atoms with Gasteiger partial charge in [0.1, 0.15) is 0 Å². The third-order valence-corrected chi connectivity index (χ3v) is 3.37. The van der Waals surface area contributed by atoms with Crippen LogP contribution in [0.15, 0.2) is 11.6 Å². The molecule has 2 rings (SSSR count). The Bertz CT molecular complexity index is 252. The molecule has 2 aliphatic rings. The van der Waals surface area contributed by atoms with Gasteiger partial charge in [0.05, 0.1) is 5.88 Å². The van der Waals surface area contributed by atoms with E-state index >= 15 is 0 Å². The second-order valence-electron chi connectivity index (χ2n) is 3.76. The Morgan fingerprint density at radius 2 is 2.13 bits per heavy atom. The maximum Gasteiger partial charge on any atom is 0.411 e. The number of piperidine rings is 1. The fraction of sp³-hybridized carbons (Fsp3) is 0.700. The van der Waals surface area contributed by atoms with Gasteiger partial charge in [0.2, 0.25) is 0 Å². The highest BCUT2D eigenvalue weighted by Crippen LogP contribution is 2.15. The van der Waals surface area contributed by atoms with E-state index in [9.17, 15) is 4.79 Å². The largest absolute Gasteiger partial charge is 0.428 e. The van der Waals surface area contributed by atoms with Crippen LogP contribution in [0.1, 0.15) is 19.3 Å². The summed E-state index contributed by atoms with van der Waals surface area (Å²) < 4.78 is 5.21. The molecule has 1 amide bonds. The number of likely N-dealkylation sites (tertiary alicyclic amines) is 1. The summed E-state index contributed by atoms with van der Waals surface area (Å²) in [5.41, 5.74) is 0. The lowest BCUT2D eigenvalue weighted by atomic mass is 10.1. The molecule has 0 N–H and O–H groups in total. The average molecular weight is 228 g/mol. The van der Waals surface area contributed by atoms with Crippen molar-refractivity contribution in [2.24, 2.45) is 0 Å². The SMILES string of the molecule is O=C(OCN1C=CSC1)N1CCCCC1. The Morgan fingerprint density at radius 1 is 1.33 bits per heavy atom. The molecule has 0 aliphatic carbocycles. The van der Waals surface area contributed by atoms with Crippen LogP contribution in [0.5, 0.6) is 0 Å². The normalized spacial score (nSPS) is 20.8. The molecule has 0 aromatic carbocycles. The van der Waals surface area contributed by atoms with Gasteiger partial charge in [0.25, 0.3) is 0 Å². The summed E-state index contributed by atoms with van der Waals surface area (Å²) in [6, 6.07) is 0. The van der Waals surface area contributed by atoms with Crippen molar-refractivity contribution < 1.29 is 9.53 Å². The Balaban J connectivity index is 1.69. The summed E-state index contributed by atoms with van der Waals surface area (Å²) in [6.45, 7) is 2.08. The van der Waals surface area contributed by atoms with Crippen LogP contribution in [0.2, 0.25) is 0 Å². The highest BCUT2D eigenvalue weighted by Gasteiger charge is 2.18. The van der Waals surface area contributed by atoms with E-state index in [1.807, 2.05) is 16.5 Å². The summed E-state index contributed by atoms with van der Waals surface area (Å²) in [4.78, 5) is 15.4. The van der Waals surface area contributed by atoms with Crippen molar-refractivity contribution in [1.29, 1.82) is 0 Å². The van der Waals surface area contributed by atoms with E-state index in [1.54, 1.807) is 16.7 Å². The molecule has 84 valence electrons. The van der Waals surface area contributed by atoms with Gasteiger partial charge in [-0.2, -0.15) is 0 Å². The van der Waals surface area contributed by atoms with E-state index in [2.05, 4.69) is 0 Å². The first-order valence-corrected chi connectivity index (χ1v) is 6.35. The van der Waals surface area contributed by atoms with Gasteiger partial charge in [-0.05, 0) is 24.7 Å². The first-order valence-electron chi connectivity index (χ1n) is 5.30. The fourth-order valence-electron chi connectivity index (χ4n) is 1.70. The zero-order valence-corrected chi connectivity index (χ0v) is 9.54. The molecule has 5 heteroatoms. The Morgan fingerprint density at radius 3 is 2.80 bits per heavy atom. The monoisotopic (exact) mass is 228 g/mol. The van der Waals surface area contributed by atoms with Crippen molar-refractivity contribution in [3.63, 3.8) is 0 Å². The molecule has 4 nitrogen and oxygen atoms in total. The minimum atomic E-state index is -0.167. The molecule has 0 bridgehead atoms. The second kappa shape index (κ2) is 5.30. The van der Waals surface area contributed by atoms with E-state index in [0.717, 1.165) is 31.8 Å². The topological polar surface area (TPSA) is 32.8 Å². The number of carbonyl (C=O) groups is 1. The molecule has 1 fully saturated rings. The summed E-state index contributed by atoms with van der Waals surface area (Å²) in [5.74, 6) is 0.882. The van der Waals surface area contributed by atoms with E-state index in [4.69, 9.17) is 4.74 Å². The first-order chi connectivity index (χ1) is 7.36. The molecule has 2 heterocycles. The summed E-state index contributed by atoms with van der Waals surface area (Å²) in [5, 5.41) is 2.01. The molecular formula is C10H16N2O2S. The first kappa shape index (κ1) is 10.7. The van der Waals surface area contributed by atoms with Gasteiger partial charge in [-0.25, -0.2) is 4.79 Å². The predicted octanol–water partition coefficient (Wildman–Crippen LogP) is 2.04. The van der Waals surface area contributed by atoms with Crippen LogP contribution < -0.4 is 0 Å². The molecule has 0 saturated carbocycles. The molecule has 0 aromatic rings. The van der Waals surface area contributed by atoms with Crippen LogP contribution in [0, 0.1) is 0 Å². The maximum atomic E-state index is 11.6. The standard InChI is InChI=1S/C10H16N2O2S/c13-10(12-4-2-1-3-5-12)14-8-11-6-7-15-9-11/h6-7H,1-5,8-9H2. The fourth-order valence-corrected chi connectivity index (χ4v) is 2.39. The molecule has 15 heavy (non-hydrogen) atoms. The second-order valence-corrected chi connectivity index (χ2v) is 4.62. The minimum Gasteiger partial charge on any atom is -0.428 e. The van der Waals surface area contributed by atoms with E-state index in [1.165, 1.54) is 6.42 Å². The number of ether oxygens (including phenoxy) is 1. The van der Waals surface area contributed by atoms with Gasteiger partial charge in [0.15, 0.2) is 6.73 Å². The zero-order valence-electron chi connectivity index (χ0n) is 8.72. The van der Waals surface area contributed by atoms with Gasteiger partial charge in [-0.15, -0.1) is 11.8 Å². The maximum absolute atomic E-state index is 11.6. The molecule has 2 aliphatic heterocycles. The van der Waals surface area contributed by atoms with Gasteiger partial charge in [-0.1, -0.05) is 0 Å². The molecule has 0 atom stereocenters. The van der Waals surface area contributed by atoms with Crippen molar-refractivity contribution in [3.8, 4) is 0 Å². The Kier molecular flexibility index (Phi) is 3.77. The van der Waals surface area contributed by atoms with E-state index in [-0.39, 0.29) is 6.09 Å². The van der Waals surface area contributed by atoms with Crippen molar-refractivity contribution >= 4 is 17.9 Å². The molecule has 0 radical (unpaired) electrons. The zero-order chi connectivity index (χ0) is 10.5. The van der Waals surface area contributed by atoms with Crippen LogP contribution in [0.4, 0.5) is 4.79 Å². The summed E-state index contributed by atoms with van der Waals surface area (Å²) >= 11 is 1.71. The Labute approximate surface area is 94.2 Å². The van der Waals surface area contributed by atoms with E-state index in [0.29, 0.717) is 6.73 Å². The van der Waals surface area contributed by atoms with Crippen LogP contribution in [0.3, 0.4) is 0 Å². The highest BCUT2D eigenvalue weighted by molar-refractivity contribution is 8.02. The molecule has 1 saturated heterocycles. The quantitative estimate of drug-likeness (QED) is 0.724. The summed E-state index contributed by atoms with van der Waals surface area (Å²) in [7, 11) is 0. The third-order valence-electron chi connectivity index (χ3n) is 2.58. The predicted molar refractivity (Wildman–Crippen MR) is 60.2 cm³/mol. The lowest BCUT2D eigenvalue weighted by molar-refractivity contribution is 0.0636. The summed E-state index contributed by atoms with van der Waals surface area (Å²) in [6.07, 6.45) is 5.23. The van der Waals surface area contributed by atoms with Crippen molar-refractivity contribution in [2.45, 2.75) is 19.3 Å². The van der Waals surface area contributed by atoms with E-state index < -0.39 is 0 Å². The van der Waals surface area contributed by atoms with Gasteiger partial charge in [-0.3, -0.25) is 0 Å². The van der Waals surface area contributed by atoms with Crippen LogP contribution in [0.25, 0.3) is 0 Å². The molecule has 0 aromatic heterocycles. The lowest BCUT2D eigenvalue weighted by Crippen LogP contribution is -2.37. The number of hydrogen-bond donors (Lipinski definition) is 0. The van der Waals surface area contributed by atoms with Gasteiger partial charge in [0, 0.05) is 19.3 Å². The average Bonchev–Trinajstić information content (AvgIpc) is 2.80. The van der Waals surface area contributed by atoms with Crippen molar-refractivity contribution in [2.75, 3.05) is 25.7 Å². The number of nitrogens with zero attached hydrogens (tertiary/aromatic N) is 2. The van der Waals surface area contributed by atoms with Crippen molar-refractivity contribution in [3.05, 3.63) is 11.6 Å². The van der Waals surface area contributed by atoms with Gasteiger partial charge < -0.3 is 14.5 Å². The van der Waals surface area contributed by atoms with Crippen LogP contribution in [-0.4, -0.2) is 41.6 Å². The smallest absolute Gasteiger partial charge is 0.411 e. The Hall–Kier alpha value is -0.840. The van der Waals surface area contributed by atoms with Crippen LogP contribution >= 0.6 is 11.8 Å². The van der Waals surface area contributed by atoms with Gasteiger partial charge >= 0.3 is 6.09 Å². The number of carbonyl (C=O) groups excluding carboxylic acids is 1.